The highest BCUT2D eigenvalue weighted by Crippen LogP contribution is 2.49. The summed E-state index contributed by atoms with van der Waals surface area (Å²) in [5.41, 5.74) is 3.55. The average molecular weight is 967 g/mol. The molecule has 1 aromatic heterocycles. The van der Waals surface area contributed by atoms with E-state index in [0.717, 1.165) is 54.4 Å². The van der Waals surface area contributed by atoms with Crippen LogP contribution < -0.4 is 35.1 Å². The van der Waals surface area contributed by atoms with Crippen LogP contribution in [0.1, 0.15) is 67.3 Å². The molecular weight excluding hydrogens is 905 g/mol. The minimum atomic E-state index is -1.97. The van der Waals surface area contributed by atoms with Crippen molar-refractivity contribution in [3.8, 4) is 0 Å². The lowest BCUT2D eigenvalue weighted by Gasteiger charge is -2.39. The molecule has 6 heterocycles. The van der Waals surface area contributed by atoms with Gasteiger partial charge in [0.25, 0.3) is 17.7 Å². The molecule has 0 radical (unpaired) electrons. The van der Waals surface area contributed by atoms with E-state index in [9.17, 15) is 19.8 Å². The van der Waals surface area contributed by atoms with E-state index in [1.54, 1.807) is 9.58 Å². The SMILES string of the molecule is C[C@@H](/C=C/CCn1cc(C(CO)c2ccccc2)nn1)[C@]1(O)C(=O)N(Cc2ccc(N3CN(c4ccccc4)C4(CCNCC4)C3=O)cc2)c2ccc(N3CN(c4ccccc4)C4(CCNCC4)C3=O)cc21. The highest BCUT2D eigenvalue weighted by atomic mass is 16.3. The van der Waals surface area contributed by atoms with Crippen molar-refractivity contribution in [2.24, 2.45) is 5.92 Å². The fraction of sp³-hybridized carbons (Fsp3) is 0.351. The van der Waals surface area contributed by atoms with Crippen LogP contribution in [0, 0.1) is 5.92 Å². The van der Waals surface area contributed by atoms with Gasteiger partial charge in [0.15, 0.2) is 5.60 Å². The van der Waals surface area contributed by atoms with Crippen LogP contribution in [0.3, 0.4) is 0 Å². The third-order valence-electron chi connectivity index (χ3n) is 15.9. The third-order valence-corrected chi connectivity index (χ3v) is 15.9. The third kappa shape index (κ3) is 8.14. The molecular formula is C57H62N10O5. The molecule has 4 N–H and O–H groups in total. The number of rotatable bonds is 14. The summed E-state index contributed by atoms with van der Waals surface area (Å²) >= 11 is 0. The number of carbonyl (C=O) groups excluding carboxylic acids is 3. The Bertz CT molecular complexity index is 2940. The van der Waals surface area contributed by atoms with Crippen molar-refractivity contribution in [2.75, 3.05) is 70.6 Å². The fourth-order valence-electron chi connectivity index (χ4n) is 11.8. The van der Waals surface area contributed by atoms with Gasteiger partial charge >= 0.3 is 0 Å². The van der Waals surface area contributed by atoms with Crippen LogP contribution in [0.15, 0.2) is 152 Å². The number of aromatic nitrogens is 3. The van der Waals surface area contributed by atoms with Gasteiger partial charge in [0.1, 0.15) is 11.1 Å². The van der Waals surface area contributed by atoms with E-state index in [4.69, 9.17) is 0 Å². The number of piperidine rings is 2. The smallest absolute Gasteiger partial charge is 0.264 e. The van der Waals surface area contributed by atoms with Crippen molar-refractivity contribution in [3.05, 3.63) is 174 Å². The number of carbonyl (C=O) groups is 3. The van der Waals surface area contributed by atoms with Gasteiger partial charge < -0.3 is 35.5 Å². The molecule has 1 unspecified atom stereocenters. The quantitative estimate of drug-likeness (QED) is 0.0910. The van der Waals surface area contributed by atoms with Crippen molar-refractivity contribution < 1.29 is 24.6 Å². The number of hydrogen-bond donors (Lipinski definition) is 4. The number of amides is 3. The number of aliphatic hydroxyl groups excluding tert-OH is 1. The Morgan fingerprint density at radius 2 is 1.21 bits per heavy atom. The first kappa shape index (κ1) is 47.2. The van der Waals surface area contributed by atoms with Crippen LogP contribution >= 0.6 is 0 Å². The number of hydrogen-bond acceptors (Lipinski definition) is 11. The van der Waals surface area contributed by atoms with Crippen molar-refractivity contribution in [1.29, 1.82) is 0 Å². The molecule has 15 heteroatoms. The topological polar surface area (TPSA) is 163 Å². The second-order valence-corrected chi connectivity index (χ2v) is 19.9. The van der Waals surface area contributed by atoms with E-state index in [1.807, 2.05) is 156 Å². The first-order valence-corrected chi connectivity index (χ1v) is 25.4. The molecule has 11 rings (SSSR count). The minimum Gasteiger partial charge on any atom is -0.395 e. The van der Waals surface area contributed by atoms with Crippen LogP contribution in [0.25, 0.3) is 0 Å². The van der Waals surface area contributed by atoms with Gasteiger partial charge in [0, 0.05) is 47.0 Å². The summed E-state index contributed by atoms with van der Waals surface area (Å²) in [6.45, 7) is 6.15. The molecule has 0 bridgehead atoms. The minimum absolute atomic E-state index is 0.00495. The second kappa shape index (κ2) is 19.4. The van der Waals surface area contributed by atoms with E-state index < -0.39 is 28.5 Å². The average Bonchev–Trinajstić information content (AvgIpc) is 4.14. The predicted molar refractivity (Wildman–Crippen MR) is 279 cm³/mol. The molecule has 370 valence electrons. The van der Waals surface area contributed by atoms with E-state index in [1.165, 1.54) is 0 Å². The number of para-hydroxylation sites is 2. The van der Waals surface area contributed by atoms with Crippen LogP contribution in [-0.2, 0) is 33.1 Å². The van der Waals surface area contributed by atoms with Gasteiger partial charge in [-0.3, -0.25) is 28.9 Å². The molecule has 72 heavy (non-hydrogen) atoms. The lowest BCUT2D eigenvalue weighted by Crippen LogP contribution is -2.55. The Hall–Kier alpha value is -7.17. The highest BCUT2D eigenvalue weighted by molar-refractivity contribution is 6.10. The normalized spacial score (nSPS) is 21.4. The van der Waals surface area contributed by atoms with Crippen LogP contribution in [-0.4, -0.2) is 100 Å². The van der Waals surface area contributed by atoms with Gasteiger partial charge in [0.05, 0.1) is 43.8 Å². The summed E-state index contributed by atoms with van der Waals surface area (Å²) in [5, 5.41) is 38.8. The monoisotopic (exact) mass is 966 g/mol. The molecule has 6 aromatic rings. The first-order chi connectivity index (χ1) is 35.1. The van der Waals surface area contributed by atoms with Crippen LogP contribution in [0.2, 0.25) is 0 Å². The Morgan fingerprint density at radius 1 is 0.667 bits per heavy atom. The largest absolute Gasteiger partial charge is 0.395 e. The fourth-order valence-corrected chi connectivity index (χ4v) is 11.8. The zero-order chi connectivity index (χ0) is 49.5. The van der Waals surface area contributed by atoms with E-state index in [-0.39, 0.29) is 30.9 Å². The number of aliphatic hydroxyl groups is 2. The molecule has 5 aromatic carbocycles. The van der Waals surface area contributed by atoms with Crippen LogP contribution in [0.5, 0.6) is 0 Å². The summed E-state index contributed by atoms with van der Waals surface area (Å²) in [7, 11) is 0. The van der Waals surface area contributed by atoms with Gasteiger partial charge in [-0.05, 0) is 124 Å². The highest BCUT2D eigenvalue weighted by Gasteiger charge is 2.56. The Labute approximate surface area is 420 Å². The molecule has 5 aliphatic heterocycles. The number of nitrogens with zero attached hydrogens (tertiary/aromatic N) is 8. The van der Waals surface area contributed by atoms with Crippen molar-refractivity contribution >= 4 is 46.2 Å². The Balaban J connectivity index is 0.875. The molecule has 15 nitrogen and oxygen atoms in total. The van der Waals surface area contributed by atoms with Crippen molar-refractivity contribution in [3.63, 3.8) is 0 Å². The summed E-state index contributed by atoms with van der Waals surface area (Å²) in [5.74, 6) is -1.33. The second-order valence-electron chi connectivity index (χ2n) is 19.9. The summed E-state index contributed by atoms with van der Waals surface area (Å²) in [6.07, 6.45) is 8.96. The van der Waals surface area contributed by atoms with Crippen LogP contribution in [0.4, 0.5) is 28.4 Å². The lowest BCUT2D eigenvalue weighted by atomic mass is 9.82. The number of benzene rings is 5. The van der Waals surface area contributed by atoms with Crippen molar-refractivity contribution in [2.45, 2.75) is 74.7 Å². The summed E-state index contributed by atoms with van der Waals surface area (Å²) in [4.78, 5) is 54.1. The number of aryl methyl sites for hydroxylation is 1. The first-order valence-electron chi connectivity index (χ1n) is 25.4. The number of allylic oxidation sites excluding steroid dienone is 1. The zero-order valence-electron chi connectivity index (χ0n) is 40.7. The summed E-state index contributed by atoms with van der Waals surface area (Å²) in [6, 6.07) is 43.4. The molecule has 4 saturated heterocycles. The number of anilines is 5. The molecule has 2 spiro atoms. The van der Waals surface area contributed by atoms with Gasteiger partial charge in [-0.1, -0.05) is 103 Å². The lowest BCUT2D eigenvalue weighted by molar-refractivity contribution is -0.139. The molecule has 3 amide bonds. The molecule has 3 atom stereocenters. The maximum atomic E-state index is 15.1. The zero-order valence-corrected chi connectivity index (χ0v) is 40.7. The Kier molecular flexibility index (Phi) is 12.7. The molecule has 4 fully saturated rings. The maximum Gasteiger partial charge on any atom is 0.264 e. The standard InChI is InChI=1S/C57H62N10O5/c1-41(13-11-12-34-62-37-50(60-61-62)48(38-68)43-14-5-2-6-15-43)57(72)49-35-47(65-40-67(46-18-9-4-10-19-46)56(53(65)70)28-32-59-33-29-56)24-25-51(49)63(54(57)71)36-42-20-22-44(23-21-42)64-39-66(45-16-7-3-8-17-45)55(52(64)69)26-30-58-31-27-55/h2-11,13-25,35,37,41,48,58-59,68,72H,12,26-34,36,38-40H2,1H3/b13-11+/t41-,48?,57+/m0/s1. The van der Waals surface area contributed by atoms with E-state index >= 15 is 4.79 Å². The molecule has 0 saturated carbocycles. The van der Waals surface area contributed by atoms with Crippen molar-refractivity contribution in [1.82, 2.24) is 25.6 Å². The number of fused-ring (bicyclic) bond motifs is 1. The van der Waals surface area contributed by atoms with Gasteiger partial charge in [0.2, 0.25) is 0 Å². The van der Waals surface area contributed by atoms with Gasteiger partial charge in [-0.2, -0.15) is 0 Å². The number of nitrogens with one attached hydrogen (secondary N) is 2. The van der Waals surface area contributed by atoms with E-state index in [0.29, 0.717) is 74.6 Å². The van der Waals surface area contributed by atoms with E-state index in [2.05, 4.69) is 42.9 Å². The molecule has 5 aliphatic rings. The van der Waals surface area contributed by atoms with Gasteiger partial charge in [-0.15, -0.1) is 5.10 Å². The predicted octanol–water partition coefficient (Wildman–Crippen LogP) is 6.29. The van der Waals surface area contributed by atoms with Gasteiger partial charge in [-0.25, -0.2) is 0 Å². The summed E-state index contributed by atoms with van der Waals surface area (Å²) < 4.78 is 1.74. The molecule has 0 aliphatic carbocycles. The maximum absolute atomic E-state index is 15.1. The Morgan fingerprint density at radius 3 is 1.78 bits per heavy atom.